The summed E-state index contributed by atoms with van der Waals surface area (Å²) in [6, 6.07) is 0.704. The van der Waals surface area contributed by atoms with Crippen LogP contribution in [0.5, 0.6) is 0 Å². The van der Waals surface area contributed by atoms with E-state index in [2.05, 4.69) is 11.8 Å². The summed E-state index contributed by atoms with van der Waals surface area (Å²) < 4.78 is 0. The van der Waals surface area contributed by atoms with Crippen LogP contribution in [-0.4, -0.2) is 30.6 Å². The van der Waals surface area contributed by atoms with Gasteiger partial charge < -0.3 is 5.73 Å². The van der Waals surface area contributed by atoms with Crippen molar-refractivity contribution in [3.8, 4) is 0 Å². The lowest BCUT2D eigenvalue weighted by molar-refractivity contribution is 0.223. The molecule has 13 heavy (non-hydrogen) atoms. The van der Waals surface area contributed by atoms with Crippen molar-refractivity contribution in [3.05, 3.63) is 0 Å². The zero-order chi connectivity index (χ0) is 9.26. The molecule has 1 saturated carbocycles. The van der Waals surface area contributed by atoms with Gasteiger partial charge in [0, 0.05) is 19.1 Å². The van der Waals surface area contributed by atoms with Gasteiger partial charge in [0.05, 0.1) is 0 Å². The van der Waals surface area contributed by atoms with Crippen LogP contribution in [-0.2, 0) is 0 Å². The first-order valence-electron chi connectivity index (χ1n) is 5.81. The lowest BCUT2D eigenvalue weighted by Gasteiger charge is -2.29. The highest BCUT2D eigenvalue weighted by atomic mass is 15.2. The number of hydrogen-bond donors (Lipinski definition) is 1. The van der Waals surface area contributed by atoms with Crippen LogP contribution in [0.4, 0.5) is 0 Å². The first kappa shape index (κ1) is 9.47. The fourth-order valence-electron chi connectivity index (χ4n) is 3.36. The molecular formula is C11H22N2. The Kier molecular flexibility index (Phi) is 2.89. The van der Waals surface area contributed by atoms with Crippen molar-refractivity contribution in [1.82, 2.24) is 4.90 Å². The number of nitrogens with zero attached hydrogens (tertiary/aromatic N) is 1. The van der Waals surface area contributed by atoms with Gasteiger partial charge in [-0.15, -0.1) is 0 Å². The molecule has 0 radical (unpaired) electrons. The fourth-order valence-corrected chi connectivity index (χ4v) is 3.36. The molecule has 1 saturated heterocycles. The summed E-state index contributed by atoms with van der Waals surface area (Å²) in [6.45, 7) is 5.65. The van der Waals surface area contributed by atoms with E-state index in [1.807, 2.05) is 0 Å². The van der Waals surface area contributed by atoms with Gasteiger partial charge in [0.2, 0.25) is 0 Å². The molecule has 2 heteroatoms. The van der Waals surface area contributed by atoms with Crippen LogP contribution in [0.2, 0.25) is 0 Å². The van der Waals surface area contributed by atoms with Crippen molar-refractivity contribution in [2.45, 2.75) is 38.6 Å². The Bertz CT molecular complexity index is 165. The van der Waals surface area contributed by atoms with Crippen molar-refractivity contribution in [3.63, 3.8) is 0 Å². The van der Waals surface area contributed by atoms with E-state index in [4.69, 9.17) is 5.73 Å². The van der Waals surface area contributed by atoms with Gasteiger partial charge in [-0.2, -0.15) is 0 Å². The van der Waals surface area contributed by atoms with Crippen molar-refractivity contribution in [2.24, 2.45) is 17.6 Å². The number of likely N-dealkylation sites (tertiary alicyclic amines) is 1. The van der Waals surface area contributed by atoms with Gasteiger partial charge in [0.25, 0.3) is 0 Å². The molecule has 0 aromatic heterocycles. The second kappa shape index (κ2) is 3.97. The van der Waals surface area contributed by atoms with Crippen LogP contribution in [0.25, 0.3) is 0 Å². The number of nitrogens with two attached hydrogens (primary N) is 1. The highest BCUT2D eigenvalue weighted by Gasteiger charge is 2.40. The monoisotopic (exact) mass is 182 g/mol. The minimum atomic E-state index is 0.704. The third-order valence-electron chi connectivity index (χ3n) is 4.05. The Labute approximate surface area is 81.5 Å². The molecule has 1 aliphatic heterocycles. The molecule has 76 valence electrons. The van der Waals surface area contributed by atoms with Crippen molar-refractivity contribution < 1.29 is 0 Å². The molecular weight excluding hydrogens is 160 g/mol. The van der Waals surface area contributed by atoms with Gasteiger partial charge in [-0.05, 0) is 31.2 Å². The first-order valence-corrected chi connectivity index (χ1v) is 5.81. The van der Waals surface area contributed by atoms with Crippen LogP contribution in [0.1, 0.15) is 32.6 Å². The number of hydrogen-bond acceptors (Lipinski definition) is 2. The van der Waals surface area contributed by atoms with Gasteiger partial charge in [-0.3, -0.25) is 4.90 Å². The van der Waals surface area contributed by atoms with E-state index >= 15 is 0 Å². The van der Waals surface area contributed by atoms with Crippen molar-refractivity contribution in [1.29, 1.82) is 0 Å². The van der Waals surface area contributed by atoms with Gasteiger partial charge in [0.1, 0.15) is 0 Å². The van der Waals surface area contributed by atoms with E-state index in [-0.39, 0.29) is 0 Å². The Morgan fingerprint density at radius 3 is 2.77 bits per heavy atom. The maximum Gasteiger partial charge on any atom is 0.0249 e. The first-order chi connectivity index (χ1) is 6.36. The number of likely N-dealkylation sites (N-methyl/N-ethyl adjacent to an activating group) is 1. The zero-order valence-corrected chi connectivity index (χ0v) is 8.71. The van der Waals surface area contributed by atoms with E-state index in [9.17, 15) is 0 Å². The van der Waals surface area contributed by atoms with E-state index in [0.717, 1.165) is 18.4 Å². The van der Waals surface area contributed by atoms with Gasteiger partial charge in [0.15, 0.2) is 0 Å². The van der Waals surface area contributed by atoms with Gasteiger partial charge in [-0.25, -0.2) is 0 Å². The van der Waals surface area contributed by atoms with Crippen LogP contribution < -0.4 is 5.73 Å². The van der Waals surface area contributed by atoms with Crippen LogP contribution in [0.3, 0.4) is 0 Å². The lowest BCUT2D eigenvalue weighted by atomic mass is 9.78. The molecule has 3 unspecified atom stereocenters. The summed E-state index contributed by atoms with van der Waals surface area (Å²) in [7, 11) is 0. The van der Waals surface area contributed by atoms with E-state index in [1.165, 1.54) is 38.8 Å². The molecule has 2 aliphatic rings. The van der Waals surface area contributed by atoms with Crippen LogP contribution in [0, 0.1) is 11.8 Å². The predicted molar refractivity (Wildman–Crippen MR) is 55.5 cm³/mol. The molecule has 0 amide bonds. The Morgan fingerprint density at radius 1 is 1.31 bits per heavy atom. The highest BCUT2D eigenvalue weighted by molar-refractivity contribution is 4.94. The summed E-state index contributed by atoms with van der Waals surface area (Å²) in [4.78, 5) is 2.60. The van der Waals surface area contributed by atoms with E-state index < -0.39 is 0 Å². The third-order valence-corrected chi connectivity index (χ3v) is 4.05. The van der Waals surface area contributed by atoms with Crippen LogP contribution >= 0.6 is 0 Å². The summed E-state index contributed by atoms with van der Waals surface area (Å²) in [6.07, 6.45) is 5.78. The standard InChI is InChI=1S/C11H22N2/c1-2-13-8-9-5-3-4-6-10(9)11(13)7-12/h9-11H,2-8,12H2,1H3. The lowest BCUT2D eigenvalue weighted by Crippen LogP contribution is -2.39. The third kappa shape index (κ3) is 1.62. The second-order valence-electron chi connectivity index (χ2n) is 4.60. The number of fused-ring (bicyclic) bond motifs is 1. The van der Waals surface area contributed by atoms with Crippen LogP contribution in [0.15, 0.2) is 0 Å². The molecule has 2 fully saturated rings. The highest BCUT2D eigenvalue weighted by Crippen LogP contribution is 2.39. The molecule has 1 aliphatic carbocycles. The molecule has 0 bridgehead atoms. The van der Waals surface area contributed by atoms with E-state index in [0.29, 0.717) is 6.04 Å². The summed E-state index contributed by atoms with van der Waals surface area (Å²) in [5.74, 6) is 1.90. The molecule has 1 heterocycles. The predicted octanol–water partition coefficient (Wildman–Crippen LogP) is 1.46. The maximum absolute atomic E-state index is 5.87. The maximum atomic E-state index is 5.87. The minimum Gasteiger partial charge on any atom is -0.329 e. The molecule has 0 aromatic carbocycles. The zero-order valence-electron chi connectivity index (χ0n) is 8.71. The van der Waals surface area contributed by atoms with Crippen molar-refractivity contribution in [2.75, 3.05) is 19.6 Å². The Balaban J connectivity index is 2.05. The summed E-state index contributed by atoms with van der Waals surface area (Å²) >= 11 is 0. The molecule has 2 nitrogen and oxygen atoms in total. The normalized spacial score (nSPS) is 40.6. The Morgan fingerprint density at radius 2 is 2.08 bits per heavy atom. The summed E-state index contributed by atoms with van der Waals surface area (Å²) in [5, 5.41) is 0. The quantitative estimate of drug-likeness (QED) is 0.700. The topological polar surface area (TPSA) is 29.3 Å². The SMILES string of the molecule is CCN1CC2CCCCC2C1CN. The molecule has 0 aromatic rings. The van der Waals surface area contributed by atoms with Gasteiger partial charge >= 0.3 is 0 Å². The Hall–Kier alpha value is -0.0800. The van der Waals surface area contributed by atoms with E-state index in [1.54, 1.807) is 0 Å². The second-order valence-corrected chi connectivity index (χ2v) is 4.60. The van der Waals surface area contributed by atoms with Crippen molar-refractivity contribution >= 4 is 0 Å². The average molecular weight is 182 g/mol. The fraction of sp³-hybridized carbons (Fsp3) is 1.00. The summed E-state index contributed by atoms with van der Waals surface area (Å²) in [5.41, 5.74) is 5.87. The average Bonchev–Trinajstić information content (AvgIpc) is 2.55. The molecule has 0 spiro atoms. The smallest absolute Gasteiger partial charge is 0.0249 e. The van der Waals surface area contributed by atoms with Gasteiger partial charge in [-0.1, -0.05) is 19.8 Å². The minimum absolute atomic E-state index is 0.704. The number of rotatable bonds is 2. The molecule has 2 rings (SSSR count). The molecule has 2 N–H and O–H groups in total. The molecule has 3 atom stereocenters. The largest absolute Gasteiger partial charge is 0.329 e.